The summed E-state index contributed by atoms with van der Waals surface area (Å²) >= 11 is 0. The minimum absolute atomic E-state index is 0.0736. The molecule has 0 saturated carbocycles. The Bertz CT molecular complexity index is 444. The molecular weight excluding hydrogens is 248 g/mol. The van der Waals surface area contributed by atoms with Crippen LogP contribution in [0.25, 0.3) is 0 Å². The van der Waals surface area contributed by atoms with Crippen molar-refractivity contribution in [3.8, 4) is 0 Å². The number of hydrogen-bond acceptors (Lipinski definition) is 4. The van der Waals surface area contributed by atoms with Crippen LogP contribution in [0.3, 0.4) is 0 Å². The van der Waals surface area contributed by atoms with Gasteiger partial charge >= 0.3 is 0 Å². The van der Waals surface area contributed by atoms with Gasteiger partial charge in [-0.15, -0.1) is 0 Å². The van der Waals surface area contributed by atoms with Crippen LogP contribution in [0.1, 0.15) is 57.4 Å². The fourth-order valence-electron chi connectivity index (χ4n) is 2.72. The Morgan fingerprint density at radius 1 is 1.25 bits per heavy atom. The average molecular weight is 276 g/mol. The summed E-state index contributed by atoms with van der Waals surface area (Å²) in [6, 6.07) is 2.46. The van der Waals surface area contributed by atoms with Crippen LogP contribution in [0, 0.1) is 6.92 Å². The molecule has 1 saturated heterocycles. The van der Waals surface area contributed by atoms with Crippen molar-refractivity contribution in [2.75, 3.05) is 26.2 Å². The molecule has 1 aliphatic heterocycles. The lowest BCUT2D eigenvalue weighted by Gasteiger charge is -2.34. The number of rotatable bonds is 3. The van der Waals surface area contributed by atoms with E-state index in [2.05, 4.69) is 50.9 Å². The zero-order valence-corrected chi connectivity index (χ0v) is 13.5. The maximum absolute atomic E-state index is 4.88. The molecule has 112 valence electrons. The van der Waals surface area contributed by atoms with Gasteiger partial charge in [-0.25, -0.2) is 9.97 Å². The van der Waals surface area contributed by atoms with E-state index >= 15 is 0 Å². The second-order valence-corrected chi connectivity index (χ2v) is 6.71. The molecule has 1 atom stereocenters. The van der Waals surface area contributed by atoms with Crippen LogP contribution in [-0.4, -0.2) is 41.0 Å². The lowest BCUT2D eigenvalue weighted by molar-refractivity contribution is 0.162. The zero-order valence-electron chi connectivity index (χ0n) is 13.5. The first-order valence-electron chi connectivity index (χ1n) is 7.72. The lowest BCUT2D eigenvalue weighted by atomic mass is 9.91. The van der Waals surface area contributed by atoms with E-state index in [9.17, 15) is 0 Å². The second kappa shape index (κ2) is 6.19. The fraction of sp³-hybridized carbons (Fsp3) is 0.750. The van der Waals surface area contributed by atoms with Crippen molar-refractivity contribution in [3.63, 3.8) is 0 Å². The van der Waals surface area contributed by atoms with Gasteiger partial charge in [0.25, 0.3) is 0 Å². The fourth-order valence-corrected chi connectivity index (χ4v) is 2.72. The average Bonchev–Trinajstić information content (AvgIpc) is 2.39. The van der Waals surface area contributed by atoms with Gasteiger partial charge in [0, 0.05) is 43.0 Å². The molecule has 1 fully saturated rings. The molecule has 2 heterocycles. The van der Waals surface area contributed by atoms with Crippen molar-refractivity contribution in [1.29, 1.82) is 0 Å². The minimum atomic E-state index is 0.0736. The summed E-state index contributed by atoms with van der Waals surface area (Å²) in [6.45, 7) is 15.2. The molecule has 0 spiro atoms. The van der Waals surface area contributed by atoms with Crippen LogP contribution >= 0.6 is 0 Å². The highest BCUT2D eigenvalue weighted by molar-refractivity contribution is 5.18. The summed E-state index contributed by atoms with van der Waals surface area (Å²) in [5, 5.41) is 3.41. The molecule has 0 aromatic carbocycles. The van der Waals surface area contributed by atoms with Gasteiger partial charge in [-0.05, 0) is 19.4 Å². The Hall–Kier alpha value is -1.00. The Balaban J connectivity index is 2.31. The normalized spacial score (nSPS) is 19.1. The highest BCUT2D eigenvalue weighted by Gasteiger charge is 2.25. The molecule has 1 aromatic heterocycles. The standard InChI is InChI=1S/C16H28N4/c1-6-13(20-9-7-17-8-10-20)15-18-12(2)11-14(19-15)16(3,4)5/h11,13,17H,6-10H2,1-5H3. The predicted molar refractivity (Wildman–Crippen MR) is 82.9 cm³/mol. The number of nitrogens with one attached hydrogen (secondary N) is 1. The third-order valence-electron chi connectivity index (χ3n) is 3.92. The van der Waals surface area contributed by atoms with Gasteiger partial charge in [-0.1, -0.05) is 27.7 Å². The smallest absolute Gasteiger partial charge is 0.145 e. The Kier molecular flexibility index (Phi) is 4.76. The summed E-state index contributed by atoms with van der Waals surface area (Å²) in [4.78, 5) is 12.1. The van der Waals surface area contributed by atoms with Gasteiger partial charge in [0.15, 0.2) is 0 Å². The highest BCUT2D eigenvalue weighted by atomic mass is 15.2. The number of hydrogen-bond donors (Lipinski definition) is 1. The largest absolute Gasteiger partial charge is 0.314 e. The van der Waals surface area contributed by atoms with E-state index in [0.717, 1.165) is 49.8 Å². The van der Waals surface area contributed by atoms with Crippen molar-refractivity contribution < 1.29 is 0 Å². The maximum Gasteiger partial charge on any atom is 0.145 e. The van der Waals surface area contributed by atoms with E-state index in [4.69, 9.17) is 9.97 Å². The molecule has 20 heavy (non-hydrogen) atoms. The van der Waals surface area contributed by atoms with Crippen LogP contribution in [0.15, 0.2) is 6.07 Å². The van der Waals surface area contributed by atoms with E-state index in [1.807, 2.05) is 0 Å². The number of aryl methyl sites for hydroxylation is 1. The van der Waals surface area contributed by atoms with Crippen LogP contribution in [0.4, 0.5) is 0 Å². The Morgan fingerprint density at radius 2 is 1.90 bits per heavy atom. The summed E-state index contributed by atoms with van der Waals surface area (Å²) in [6.07, 6.45) is 1.06. The third-order valence-corrected chi connectivity index (χ3v) is 3.92. The van der Waals surface area contributed by atoms with E-state index < -0.39 is 0 Å². The van der Waals surface area contributed by atoms with Crippen LogP contribution < -0.4 is 5.32 Å². The molecule has 4 nitrogen and oxygen atoms in total. The molecule has 1 aromatic rings. The first kappa shape index (κ1) is 15.4. The quantitative estimate of drug-likeness (QED) is 0.920. The molecule has 4 heteroatoms. The molecule has 0 amide bonds. The number of piperazine rings is 1. The number of aromatic nitrogens is 2. The van der Waals surface area contributed by atoms with Gasteiger partial charge in [-0.3, -0.25) is 4.90 Å². The van der Waals surface area contributed by atoms with E-state index in [0.29, 0.717) is 6.04 Å². The maximum atomic E-state index is 4.88. The predicted octanol–water partition coefficient (Wildman–Crippen LogP) is 2.44. The van der Waals surface area contributed by atoms with Crippen molar-refractivity contribution >= 4 is 0 Å². The van der Waals surface area contributed by atoms with E-state index in [1.54, 1.807) is 0 Å². The molecule has 1 aliphatic rings. The van der Waals surface area contributed by atoms with Crippen molar-refractivity contribution in [2.45, 2.75) is 52.5 Å². The first-order valence-corrected chi connectivity index (χ1v) is 7.72. The Labute approximate surface area is 123 Å². The summed E-state index contributed by atoms with van der Waals surface area (Å²) in [5.74, 6) is 0.999. The zero-order chi connectivity index (χ0) is 14.8. The SMILES string of the molecule is CCC(c1nc(C)cc(C(C)(C)C)n1)N1CCNCC1. The molecule has 1 unspecified atom stereocenters. The van der Waals surface area contributed by atoms with Crippen molar-refractivity contribution in [2.24, 2.45) is 0 Å². The molecule has 1 N–H and O–H groups in total. The summed E-state index contributed by atoms with van der Waals surface area (Å²) in [5.41, 5.74) is 2.30. The van der Waals surface area contributed by atoms with E-state index in [1.165, 1.54) is 0 Å². The van der Waals surface area contributed by atoms with Gasteiger partial charge in [0.1, 0.15) is 5.82 Å². The number of nitrogens with zero attached hydrogens (tertiary/aromatic N) is 3. The first-order chi connectivity index (χ1) is 9.41. The van der Waals surface area contributed by atoms with Crippen LogP contribution in [0.5, 0.6) is 0 Å². The topological polar surface area (TPSA) is 41.1 Å². The second-order valence-electron chi connectivity index (χ2n) is 6.71. The Morgan fingerprint density at radius 3 is 2.45 bits per heavy atom. The van der Waals surface area contributed by atoms with Crippen molar-refractivity contribution in [1.82, 2.24) is 20.2 Å². The molecule has 0 bridgehead atoms. The lowest BCUT2D eigenvalue weighted by Crippen LogP contribution is -2.45. The van der Waals surface area contributed by atoms with Gasteiger partial charge in [0.05, 0.1) is 6.04 Å². The molecular formula is C16H28N4. The molecule has 0 radical (unpaired) electrons. The van der Waals surface area contributed by atoms with Crippen LogP contribution in [-0.2, 0) is 5.41 Å². The summed E-state index contributed by atoms with van der Waals surface area (Å²) < 4.78 is 0. The summed E-state index contributed by atoms with van der Waals surface area (Å²) in [7, 11) is 0. The molecule has 0 aliphatic carbocycles. The van der Waals surface area contributed by atoms with Gasteiger partial charge in [0.2, 0.25) is 0 Å². The van der Waals surface area contributed by atoms with Gasteiger partial charge in [-0.2, -0.15) is 0 Å². The highest BCUT2D eigenvalue weighted by Crippen LogP contribution is 2.26. The van der Waals surface area contributed by atoms with Gasteiger partial charge < -0.3 is 5.32 Å². The van der Waals surface area contributed by atoms with Crippen LogP contribution in [0.2, 0.25) is 0 Å². The monoisotopic (exact) mass is 276 g/mol. The minimum Gasteiger partial charge on any atom is -0.314 e. The molecule has 2 rings (SSSR count). The third kappa shape index (κ3) is 3.55. The van der Waals surface area contributed by atoms with Crippen molar-refractivity contribution in [3.05, 3.63) is 23.3 Å². The van der Waals surface area contributed by atoms with E-state index in [-0.39, 0.29) is 5.41 Å².